The van der Waals surface area contributed by atoms with Crippen molar-refractivity contribution in [2.45, 2.75) is 44.7 Å². The summed E-state index contributed by atoms with van der Waals surface area (Å²) < 4.78 is 14.8. The smallest absolute Gasteiger partial charge is 0.138 e. The van der Waals surface area contributed by atoms with E-state index >= 15 is 0 Å². The van der Waals surface area contributed by atoms with Crippen LogP contribution in [0.2, 0.25) is 0 Å². The summed E-state index contributed by atoms with van der Waals surface area (Å²) in [6.07, 6.45) is 3.52. The maximum absolute atomic E-state index is 14.8. The van der Waals surface area contributed by atoms with Crippen molar-refractivity contribution in [1.29, 1.82) is 5.26 Å². The first-order valence-electron chi connectivity index (χ1n) is 5.63. The molecule has 1 aromatic heterocycles. The first-order valence-corrected chi connectivity index (χ1v) is 6.44. The lowest BCUT2D eigenvalue weighted by molar-refractivity contribution is 0.123. The molecule has 0 aromatic carbocycles. The largest absolute Gasteiger partial charge is 0.389 e. The van der Waals surface area contributed by atoms with Crippen molar-refractivity contribution in [1.82, 2.24) is 0 Å². The number of fused-ring (bicyclic) bond motifs is 1. The average Bonchev–Trinajstić information content (AvgIpc) is 2.55. The van der Waals surface area contributed by atoms with E-state index in [2.05, 4.69) is 6.07 Å². The second kappa shape index (κ2) is 4.06. The molecule has 1 aliphatic carbocycles. The molecule has 0 saturated heterocycles. The highest BCUT2D eigenvalue weighted by molar-refractivity contribution is 7.16. The molecule has 1 aromatic rings. The Morgan fingerprint density at radius 2 is 2.38 bits per heavy atom. The molecule has 1 aliphatic rings. The van der Waals surface area contributed by atoms with E-state index in [9.17, 15) is 4.39 Å². The molecule has 2 N–H and O–H groups in total. The van der Waals surface area contributed by atoms with Crippen LogP contribution in [-0.2, 0) is 12.1 Å². The number of anilines is 1. The Bertz CT molecular complexity index is 447. The highest BCUT2D eigenvalue weighted by Crippen LogP contribution is 2.48. The monoisotopic (exact) mass is 238 g/mol. The van der Waals surface area contributed by atoms with E-state index in [1.165, 1.54) is 11.3 Å². The van der Waals surface area contributed by atoms with Gasteiger partial charge in [-0.1, -0.05) is 13.3 Å². The molecule has 1 heterocycles. The highest BCUT2D eigenvalue weighted by atomic mass is 32.1. The van der Waals surface area contributed by atoms with Crippen LogP contribution in [0.1, 0.15) is 48.6 Å². The van der Waals surface area contributed by atoms with Crippen molar-refractivity contribution in [2.24, 2.45) is 0 Å². The van der Waals surface area contributed by atoms with Gasteiger partial charge < -0.3 is 5.73 Å². The third-order valence-electron chi connectivity index (χ3n) is 3.19. The quantitative estimate of drug-likeness (QED) is 0.857. The van der Waals surface area contributed by atoms with Gasteiger partial charge in [0.1, 0.15) is 16.7 Å². The van der Waals surface area contributed by atoms with Gasteiger partial charge in [0.05, 0.1) is 5.56 Å². The van der Waals surface area contributed by atoms with E-state index in [1.807, 2.05) is 6.92 Å². The van der Waals surface area contributed by atoms with Gasteiger partial charge in [-0.3, -0.25) is 0 Å². The summed E-state index contributed by atoms with van der Waals surface area (Å²) in [5.74, 6) is 0. The van der Waals surface area contributed by atoms with Crippen molar-refractivity contribution in [3.63, 3.8) is 0 Å². The normalized spacial score (nSPS) is 23.8. The van der Waals surface area contributed by atoms with Crippen LogP contribution >= 0.6 is 11.3 Å². The maximum atomic E-state index is 14.8. The minimum Gasteiger partial charge on any atom is -0.389 e. The zero-order valence-electron chi connectivity index (χ0n) is 9.35. The molecular formula is C12H15FN2S. The van der Waals surface area contributed by atoms with E-state index < -0.39 is 5.67 Å². The number of thiophene rings is 1. The molecule has 0 aliphatic heterocycles. The lowest BCUT2D eigenvalue weighted by Crippen LogP contribution is -2.25. The van der Waals surface area contributed by atoms with Gasteiger partial charge in [-0.2, -0.15) is 5.26 Å². The van der Waals surface area contributed by atoms with Crippen LogP contribution in [0, 0.1) is 11.3 Å². The van der Waals surface area contributed by atoms with E-state index in [1.54, 1.807) is 0 Å². The average molecular weight is 238 g/mol. The van der Waals surface area contributed by atoms with E-state index in [0.717, 1.165) is 24.1 Å². The summed E-state index contributed by atoms with van der Waals surface area (Å²) in [4.78, 5) is 0.983. The summed E-state index contributed by atoms with van der Waals surface area (Å²) in [6, 6.07) is 2.06. The van der Waals surface area contributed by atoms with Gasteiger partial charge in [0.15, 0.2) is 0 Å². The van der Waals surface area contributed by atoms with Crippen molar-refractivity contribution in [3.05, 3.63) is 16.0 Å². The predicted octanol–water partition coefficient (Wildman–Crippen LogP) is 3.50. The third kappa shape index (κ3) is 1.60. The molecule has 0 spiro atoms. The number of hydrogen-bond acceptors (Lipinski definition) is 3. The number of nitrogens with two attached hydrogens (primary N) is 1. The number of halogens is 1. The SMILES string of the molecule is CCCC1(F)CCCc2sc(N)c(C#N)c21. The molecule has 2 nitrogen and oxygen atoms in total. The van der Waals surface area contributed by atoms with Gasteiger partial charge in [-0.05, 0) is 25.7 Å². The fourth-order valence-electron chi connectivity index (χ4n) is 2.56. The van der Waals surface area contributed by atoms with Crippen LogP contribution in [0.3, 0.4) is 0 Å². The molecule has 86 valence electrons. The summed E-state index contributed by atoms with van der Waals surface area (Å²) in [5.41, 5.74) is 5.45. The lowest BCUT2D eigenvalue weighted by atomic mass is 9.80. The molecule has 1 unspecified atom stereocenters. The second-order valence-corrected chi connectivity index (χ2v) is 5.46. The van der Waals surface area contributed by atoms with E-state index in [-0.39, 0.29) is 0 Å². The second-order valence-electron chi connectivity index (χ2n) is 4.32. The minimum atomic E-state index is -1.32. The topological polar surface area (TPSA) is 49.8 Å². The Labute approximate surface area is 98.9 Å². The lowest BCUT2D eigenvalue weighted by Gasteiger charge is -2.30. The molecule has 0 fully saturated rings. The summed E-state index contributed by atoms with van der Waals surface area (Å²) in [5, 5.41) is 9.55. The Hall–Kier alpha value is -1.08. The molecule has 0 radical (unpaired) electrons. The van der Waals surface area contributed by atoms with Gasteiger partial charge in [0, 0.05) is 10.4 Å². The first-order chi connectivity index (χ1) is 7.62. The standard InChI is InChI=1S/C12H15FN2S/c1-2-5-12(13)6-3-4-9-10(12)8(7-14)11(15)16-9/h2-6,15H2,1H3. The van der Waals surface area contributed by atoms with E-state index in [4.69, 9.17) is 11.0 Å². The maximum Gasteiger partial charge on any atom is 0.138 e. The van der Waals surface area contributed by atoms with Crippen LogP contribution in [0.15, 0.2) is 0 Å². The summed E-state index contributed by atoms with van der Waals surface area (Å²) in [7, 11) is 0. The fraction of sp³-hybridized carbons (Fsp3) is 0.583. The number of hydrogen-bond donors (Lipinski definition) is 1. The Morgan fingerprint density at radius 3 is 3.00 bits per heavy atom. The molecule has 4 heteroatoms. The number of nitriles is 1. The van der Waals surface area contributed by atoms with Crippen LogP contribution in [0.25, 0.3) is 0 Å². The van der Waals surface area contributed by atoms with Crippen molar-refractivity contribution in [2.75, 3.05) is 5.73 Å². The number of rotatable bonds is 2. The van der Waals surface area contributed by atoms with Crippen molar-refractivity contribution < 1.29 is 4.39 Å². The zero-order chi connectivity index (χ0) is 11.8. The van der Waals surface area contributed by atoms with Gasteiger partial charge in [-0.15, -0.1) is 11.3 Å². The Balaban J connectivity index is 2.56. The molecule has 1 atom stereocenters. The van der Waals surface area contributed by atoms with Gasteiger partial charge in [0.25, 0.3) is 0 Å². The number of nitrogen functional groups attached to an aromatic ring is 1. The van der Waals surface area contributed by atoms with Gasteiger partial charge in [-0.25, -0.2) is 4.39 Å². The highest BCUT2D eigenvalue weighted by Gasteiger charge is 2.40. The van der Waals surface area contributed by atoms with Crippen molar-refractivity contribution in [3.8, 4) is 6.07 Å². The Morgan fingerprint density at radius 1 is 1.62 bits per heavy atom. The van der Waals surface area contributed by atoms with Gasteiger partial charge in [0.2, 0.25) is 0 Å². The van der Waals surface area contributed by atoms with Crippen molar-refractivity contribution >= 4 is 16.3 Å². The fourth-order valence-corrected chi connectivity index (χ4v) is 3.71. The Kier molecular flexibility index (Phi) is 2.90. The summed E-state index contributed by atoms with van der Waals surface area (Å²) in [6.45, 7) is 1.97. The molecule has 2 rings (SSSR count). The van der Waals surface area contributed by atoms with Crippen LogP contribution < -0.4 is 5.73 Å². The zero-order valence-corrected chi connectivity index (χ0v) is 10.2. The minimum absolute atomic E-state index is 0.385. The number of aryl methyl sites for hydroxylation is 1. The molecule has 0 saturated carbocycles. The molecule has 16 heavy (non-hydrogen) atoms. The molecule has 0 amide bonds. The summed E-state index contributed by atoms with van der Waals surface area (Å²) >= 11 is 1.38. The van der Waals surface area contributed by atoms with Crippen LogP contribution in [0.5, 0.6) is 0 Å². The molecular weight excluding hydrogens is 223 g/mol. The van der Waals surface area contributed by atoms with Gasteiger partial charge >= 0.3 is 0 Å². The van der Waals surface area contributed by atoms with E-state index in [0.29, 0.717) is 29.0 Å². The molecule has 0 bridgehead atoms. The van der Waals surface area contributed by atoms with Crippen LogP contribution in [0.4, 0.5) is 9.39 Å². The number of nitrogens with zero attached hydrogens (tertiary/aromatic N) is 1. The number of alkyl halides is 1. The third-order valence-corrected chi connectivity index (χ3v) is 4.27. The predicted molar refractivity (Wildman–Crippen MR) is 64.1 cm³/mol. The first kappa shape index (κ1) is 11.4. The van der Waals surface area contributed by atoms with Crippen LogP contribution in [-0.4, -0.2) is 0 Å².